The Kier molecular flexibility index (Phi) is 3.28. The van der Waals surface area contributed by atoms with Crippen LogP contribution in [-0.2, 0) is 6.42 Å². The SMILES string of the molecule is OCCc1cccc(B(O)O)c1. The van der Waals surface area contributed by atoms with Crippen molar-refractivity contribution in [3.05, 3.63) is 29.8 Å². The summed E-state index contributed by atoms with van der Waals surface area (Å²) in [6.45, 7) is 0.0744. The smallest absolute Gasteiger partial charge is 0.423 e. The Morgan fingerprint density at radius 2 is 2.00 bits per heavy atom. The number of hydrogen-bond donors (Lipinski definition) is 3. The standard InChI is InChI=1S/C8H11BO3/c10-5-4-7-2-1-3-8(6-7)9(11)12/h1-3,6,10-12H,4-5H2. The van der Waals surface area contributed by atoms with Crippen LogP contribution < -0.4 is 5.46 Å². The molecule has 1 aromatic carbocycles. The zero-order chi connectivity index (χ0) is 8.97. The second kappa shape index (κ2) is 4.26. The van der Waals surface area contributed by atoms with E-state index in [0.717, 1.165) is 5.56 Å². The van der Waals surface area contributed by atoms with E-state index < -0.39 is 7.12 Å². The van der Waals surface area contributed by atoms with E-state index in [1.807, 2.05) is 6.07 Å². The molecular formula is C8H11BO3. The first-order chi connectivity index (χ1) is 5.74. The Hall–Kier alpha value is -0.835. The van der Waals surface area contributed by atoms with Crippen molar-refractivity contribution in [2.24, 2.45) is 0 Å². The maximum absolute atomic E-state index is 8.81. The molecule has 0 saturated heterocycles. The summed E-state index contributed by atoms with van der Waals surface area (Å²) in [5.74, 6) is 0. The third-order valence-electron chi connectivity index (χ3n) is 1.65. The van der Waals surface area contributed by atoms with E-state index in [4.69, 9.17) is 15.2 Å². The van der Waals surface area contributed by atoms with Crippen LogP contribution in [0.3, 0.4) is 0 Å². The zero-order valence-corrected chi connectivity index (χ0v) is 6.64. The van der Waals surface area contributed by atoms with Crippen LogP contribution in [0.2, 0.25) is 0 Å². The van der Waals surface area contributed by atoms with Gasteiger partial charge in [-0.05, 0) is 17.4 Å². The minimum atomic E-state index is -1.43. The first kappa shape index (κ1) is 9.25. The lowest BCUT2D eigenvalue weighted by Crippen LogP contribution is -2.29. The Morgan fingerprint density at radius 1 is 1.25 bits per heavy atom. The van der Waals surface area contributed by atoms with Gasteiger partial charge in [0.1, 0.15) is 0 Å². The van der Waals surface area contributed by atoms with Crippen molar-refractivity contribution >= 4 is 12.6 Å². The summed E-state index contributed by atoms with van der Waals surface area (Å²) in [6.07, 6.45) is 0.542. The number of aliphatic hydroxyl groups excluding tert-OH is 1. The van der Waals surface area contributed by atoms with Crippen molar-refractivity contribution in [2.45, 2.75) is 6.42 Å². The van der Waals surface area contributed by atoms with E-state index in [1.165, 1.54) is 0 Å². The summed E-state index contributed by atoms with van der Waals surface area (Å²) < 4.78 is 0. The molecular weight excluding hydrogens is 155 g/mol. The fourth-order valence-electron chi connectivity index (χ4n) is 1.04. The van der Waals surface area contributed by atoms with Crippen molar-refractivity contribution in [3.8, 4) is 0 Å². The first-order valence-electron chi connectivity index (χ1n) is 3.80. The van der Waals surface area contributed by atoms with Gasteiger partial charge in [-0.15, -0.1) is 0 Å². The van der Waals surface area contributed by atoms with Crippen LogP contribution in [0.5, 0.6) is 0 Å². The van der Waals surface area contributed by atoms with Crippen molar-refractivity contribution in [3.63, 3.8) is 0 Å². The number of hydrogen-bond acceptors (Lipinski definition) is 3. The molecule has 0 radical (unpaired) electrons. The Labute approximate surface area is 71.4 Å². The highest BCUT2D eigenvalue weighted by Gasteiger charge is 2.09. The molecule has 0 bridgehead atoms. The lowest BCUT2D eigenvalue weighted by Gasteiger charge is -2.01. The Morgan fingerprint density at radius 3 is 2.58 bits per heavy atom. The van der Waals surface area contributed by atoms with Crippen molar-refractivity contribution in [1.82, 2.24) is 0 Å². The summed E-state index contributed by atoms with van der Waals surface area (Å²) in [6, 6.07) is 6.87. The van der Waals surface area contributed by atoms with Gasteiger partial charge in [-0.25, -0.2) is 0 Å². The van der Waals surface area contributed by atoms with Gasteiger partial charge in [0.2, 0.25) is 0 Å². The lowest BCUT2D eigenvalue weighted by molar-refractivity contribution is 0.299. The average molecular weight is 166 g/mol. The van der Waals surface area contributed by atoms with Crippen LogP contribution in [0.25, 0.3) is 0 Å². The van der Waals surface area contributed by atoms with Gasteiger partial charge in [-0.1, -0.05) is 24.3 Å². The molecule has 0 unspecified atom stereocenters. The zero-order valence-electron chi connectivity index (χ0n) is 6.64. The van der Waals surface area contributed by atoms with Crippen LogP contribution in [0.15, 0.2) is 24.3 Å². The first-order valence-corrected chi connectivity index (χ1v) is 3.80. The Balaban J connectivity index is 2.81. The van der Waals surface area contributed by atoms with Gasteiger partial charge in [0, 0.05) is 6.61 Å². The fourth-order valence-corrected chi connectivity index (χ4v) is 1.04. The van der Waals surface area contributed by atoms with Crippen LogP contribution in [0, 0.1) is 0 Å². The summed E-state index contributed by atoms with van der Waals surface area (Å²) in [7, 11) is -1.43. The predicted octanol–water partition coefficient (Wildman–Crippen LogP) is -1.10. The van der Waals surface area contributed by atoms with Crippen molar-refractivity contribution < 1.29 is 15.2 Å². The van der Waals surface area contributed by atoms with Gasteiger partial charge in [-0.3, -0.25) is 0 Å². The van der Waals surface area contributed by atoms with E-state index in [2.05, 4.69) is 0 Å². The van der Waals surface area contributed by atoms with Gasteiger partial charge in [0.05, 0.1) is 0 Å². The van der Waals surface area contributed by atoms with Gasteiger partial charge < -0.3 is 15.2 Å². The molecule has 0 heterocycles. The van der Waals surface area contributed by atoms with Crippen molar-refractivity contribution in [1.29, 1.82) is 0 Å². The lowest BCUT2D eigenvalue weighted by atomic mass is 9.79. The molecule has 1 rings (SSSR count). The van der Waals surface area contributed by atoms with Crippen LogP contribution in [0.4, 0.5) is 0 Å². The van der Waals surface area contributed by atoms with Crippen LogP contribution in [-0.4, -0.2) is 28.9 Å². The summed E-state index contributed by atoms with van der Waals surface area (Å²) >= 11 is 0. The maximum Gasteiger partial charge on any atom is 0.488 e. The summed E-state index contributed by atoms with van der Waals surface area (Å²) in [5.41, 5.74) is 1.36. The minimum Gasteiger partial charge on any atom is -0.423 e. The third kappa shape index (κ3) is 2.34. The molecule has 0 atom stereocenters. The molecule has 3 N–H and O–H groups in total. The molecule has 0 saturated carbocycles. The third-order valence-corrected chi connectivity index (χ3v) is 1.65. The fraction of sp³-hybridized carbons (Fsp3) is 0.250. The van der Waals surface area contributed by atoms with E-state index in [9.17, 15) is 0 Å². The molecule has 1 aromatic rings. The topological polar surface area (TPSA) is 60.7 Å². The monoisotopic (exact) mass is 166 g/mol. The quantitative estimate of drug-likeness (QED) is 0.499. The normalized spacial score (nSPS) is 9.92. The highest BCUT2D eigenvalue weighted by molar-refractivity contribution is 6.58. The van der Waals surface area contributed by atoms with Crippen LogP contribution in [0.1, 0.15) is 5.56 Å². The van der Waals surface area contributed by atoms with Gasteiger partial charge >= 0.3 is 7.12 Å². The van der Waals surface area contributed by atoms with Gasteiger partial charge in [-0.2, -0.15) is 0 Å². The van der Waals surface area contributed by atoms with Crippen molar-refractivity contribution in [2.75, 3.05) is 6.61 Å². The second-order valence-corrected chi connectivity index (χ2v) is 2.59. The van der Waals surface area contributed by atoms with Crippen LogP contribution >= 0.6 is 0 Å². The van der Waals surface area contributed by atoms with E-state index in [-0.39, 0.29) is 6.61 Å². The molecule has 12 heavy (non-hydrogen) atoms. The largest absolute Gasteiger partial charge is 0.488 e. The summed E-state index contributed by atoms with van der Waals surface area (Å²) in [4.78, 5) is 0. The number of aliphatic hydroxyl groups is 1. The van der Waals surface area contributed by atoms with E-state index >= 15 is 0 Å². The van der Waals surface area contributed by atoms with Gasteiger partial charge in [0.15, 0.2) is 0 Å². The molecule has 0 aliphatic carbocycles. The maximum atomic E-state index is 8.81. The molecule has 0 amide bonds. The average Bonchev–Trinajstić information content (AvgIpc) is 2.05. The molecule has 4 heteroatoms. The molecule has 0 aromatic heterocycles. The molecule has 0 aliphatic heterocycles. The second-order valence-electron chi connectivity index (χ2n) is 2.59. The van der Waals surface area contributed by atoms with Gasteiger partial charge in [0.25, 0.3) is 0 Å². The highest BCUT2D eigenvalue weighted by Crippen LogP contribution is 1.97. The molecule has 0 fully saturated rings. The molecule has 0 spiro atoms. The predicted molar refractivity (Wildman–Crippen MR) is 47.1 cm³/mol. The van der Waals surface area contributed by atoms with E-state index in [0.29, 0.717) is 11.9 Å². The number of rotatable bonds is 3. The molecule has 3 nitrogen and oxygen atoms in total. The molecule has 64 valence electrons. The van der Waals surface area contributed by atoms with E-state index in [1.54, 1.807) is 18.2 Å². The number of benzene rings is 1. The highest BCUT2D eigenvalue weighted by atomic mass is 16.4. The minimum absolute atomic E-state index is 0.0744. The Bertz CT molecular complexity index is 250. The molecule has 0 aliphatic rings. The summed E-state index contributed by atoms with van der Waals surface area (Å²) in [5, 5.41) is 26.2.